The van der Waals surface area contributed by atoms with Gasteiger partial charge in [-0.05, 0) is 43.3 Å². The third-order valence-corrected chi connectivity index (χ3v) is 6.88. The standard InChI is InChI=1S/C18H17F2NO3S/c1-18-4-5-21-10-17(18)24-16-3-2-13(9-15(16)18)25(22,23)14-7-11(19)6-12(20)8-14/h2-3,6-9,17,21H,4-5,10H2,1H3. The second kappa shape index (κ2) is 5.51. The van der Waals surface area contributed by atoms with Crippen molar-refractivity contribution in [3.8, 4) is 5.75 Å². The van der Waals surface area contributed by atoms with Crippen LogP contribution in [0.15, 0.2) is 46.2 Å². The monoisotopic (exact) mass is 365 g/mol. The molecule has 1 saturated heterocycles. The van der Waals surface area contributed by atoms with Crippen LogP contribution in [0.3, 0.4) is 0 Å². The number of hydrogen-bond acceptors (Lipinski definition) is 4. The van der Waals surface area contributed by atoms with Crippen LogP contribution in [0.2, 0.25) is 0 Å². The number of piperidine rings is 1. The van der Waals surface area contributed by atoms with E-state index in [4.69, 9.17) is 4.74 Å². The van der Waals surface area contributed by atoms with E-state index in [0.717, 1.165) is 30.7 Å². The summed E-state index contributed by atoms with van der Waals surface area (Å²) < 4.78 is 58.5. The molecule has 2 atom stereocenters. The van der Waals surface area contributed by atoms with E-state index in [0.29, 0.717) is 18.4 Å². The fourth-order valence-electron chi connectivity index (χ4n) is 3.65. The van der Waals surface area contributed by atoms with Crippen molar-refractivity contribution in [3.05, 3.63) is 53.6 Å². The molecule has 2 unspecified atom stereocenters. The van der Waals surface area contributed by atoms with Crippen LogP contribution in [0.1, 0.15) is 18.9 Å². The number of hydrogen-bond donors (Lipinski definition) is 1. The molecule has 0 spiro atoms. The van der Waals surface area contributed by atoms with Crippen LogP contribution in [-0.4, -0.2) is 27.6 Å². The Hall–Kier alpha value is -1.99. The van der Waals surface area contributed by atoms with Crippen molar-refractivity contribution < 1.29 is 21.9 Å². The van der Waals surface area contributed by atoms with Gasteiger partial charge in [-0.1, -0.05) is 6.92 Å². The third kappa shape index (κ3) is 2.53. The van der Waals surface area contributed by atoms with E-state index in [2.05, 4.69) is 12.2 Å². The molecule has 7 heteroatoms. The van der Waals surface area contributed by atoms with Gasteiger partial charge in [-0.15, -0.1) is 0 Å². The summed E-state index contributed by atoms with van der Waals surface area (Å²) in [5.41, 5.74) is 0.552. The Morgan fingerprint density at radius 3 is 2.56 bits per heavy atom. The van der Waals surface area contributed by atoms with Gasteiger partial charge in [-0.2, -0.15) is 0 Å². The van der Waals surface area contributed by atoms with E-state index in [1.54, 1.807) is 12.1 Å². The lowest BCUT2D eigenvalue weighted by atomic mass is 9.74. The molecule has 25 heavy (non-hydrogen) atoms. The predicted molar refractivity (Wildman–Crippen MR) is 87.5 cm³/mol. The molecule has 2 heterocycles. The first-order chi connectivity index (χ1) is 11.8. The van der Waals surface area contributed by atoms with Gasteiger partial charge in [0.1, 0.15) is 23.5 Å². The molecule has 0 aliphatic carbocycles. The van der Waals surface area contributed by atoms with Gasteiger partial charge in [0, 0.05) is 23.6 Å². The second-order valence-electron chi connectivity index (χ2n) is 6.74. The lowest BCUT2D eigenvalue weighted by molar-refractivity contribution is 0.124. The van der Waals surface area contributed by atoms with Gasteiger partial charge in [-0.3, -0.25) is 0 Å². The van der Waals surface area contributed by atoms with Crippen molar-refractivity contribution in [1.29, 1.82) is 0 Å². The van der Waals surface area contributed by atoms with E-state index in [-0.39, 0.29) is 16.4 Å². The summed E-state index contributed by atoms with van der Waals surface area (Å²) in [6.45, 7) is 3.58. The maximum absolute atomic E-state index is 13.4. The van der Waals surface area contributed by atoms with Crippen LogP contribution in [0, 0.1) is 11.6 Å². The van der Waals surface area contributed by atoms with Gasteiger partial charge in [0.05, 0.1) is 9.79 Å². The molecule has 2 aliphatic heterocycles. The van der Waals surface area contributed by atoms with Gasteiger partial charge in [0.15, 0.2) is 0 Å². The zero-order chi connectivity index (χ0) is 17.8. The highest BCUT2D eigenvalue weighted by Crippen LogP contribution is 2.47. The molecule has 4 nitrogen and oxygen atoms in total. The molecule has 2 aromatic rings. The van der Waals surface area contributed by atoms with Gasteiger partial charge in [0.25, 0.3) is 0 Å². The number of benzene rings is 2. The van der Waals surface area contributed by atoms with Crippen molar-refractivity contribution in [2.24, 2.45) is 0 Å². The van der Waals surface area contributed by atoms with Crippen molar-refractivity contribution in [3.63, 3.8) is 0 Å². The van der Waals surface area contributed by atoms with Crippen LogP contribution in [0.4, 0.5) is 8.78 Å². The minimum Gasteiger partial charge on any atom is -0.488 e. The number of sulfone groups is 1. The summed E-state index contributed by atoms with van der Waals surface area (Å²) in [6.07, 6.45) is 0.767. The lowest BCUT2D eigenvalue weighted by Crippen LogP contribution is -2.49. The number of fused-ring (bicyclic) bond motifs is 3. The van der Waals surface area contributed by atoms with E-state index in [1.807, 2.05) is 0 Å². The Morgan fingerprint density at radius 1 is 1.12 bits per heavy atom. The highest BCUT2D eigenvalue weighted by atomic mass is 32.2. The summed E-state index contributed by atoms with van der Waals surface area (Å²) in [4.78, 5) is -0.379. The molecule has 0 aromatic heterocycles. The van der Waals surface area contributed by atoms with Crippen LogP contribution in [-0.2, 0) is 15.3 Å². The van der Waals surface area contributed by atoms with Crippen LogP contribution < -0.4 is 10.1 Å². The second-order valence-corrected chi connectivity index (χ2v) is 8.69. The molecule has 2 aliphatic rings. The summed E-state index contributed by atoms with van der Waals surface area (Å²) in [7, 11) is -4.02. The van der Waals surface area contributed by atoms with Gasteiger partial charge >= 0.3 is 0 Å². The first-order valence-corrected chi connectivity index (χ1v) is 9.52. The van der Waals surface area contributed by atoms with Gasteiger partial charge in [-0.25, -0.2) is 17.2 Å². The fraction of sp³-hybridized carbons (Fsp3) is 0.333. The molecule has 4 rings (SSSR count). The Kier molecular flexibility index (Phi) is 3.63. The van der Waals surface area contributed by atoms with Crippen LogP contribution in [0.25, 0.3) is 0 Å². The van der Waals surface area contributed by atoms with E-state index in [9.17, 15) is 17.2 Å². The molecular formula is C18H17F2NO3S. The Morgan fingerprint density at radius 2 is 1.84 bits per heavy atom. The van der Waals surface area contributed by atoms with Crippen LogP contribution >= 0.6 is 0 Å². The zero-order valence-electron chi connectivity index (χ0n) is 13.6. The first kappa shape index (κ1) is 16.5. The van der Waals surface area contributed by atoms with Crippen molar-refractivity contribution in [1.82, 2.24) is 5.32 Å². The van der Waals surface area contributed by atoms with Crippen molar-refractivity contribution >= 4 is 9.84 Å². The Bertz CT molecular complexity index is 941. The molecule has 132 valence electrons. The highest BCUT2D eigenvalue weighted by molar-refractivity contribution is 7.91. The number of halogens is 2. The maximum Gasteiger partial charge on any atom is 0.206 e. The normalized spacial score (nSPS) is 25.2. The zero-order valence-corrected chi connectivity index (χ0v) is 14.4. The molecule has 0 saturated carbocycles. The molecule has 1 N–H and O–H groups in total. The fourth-order valence-corrected chi connectivity index (χ4v) is 4.97. The Balaban J connectivity index is 1.82. The Labute approximate surface area is 144 Å². The SMILES string of the molecule is CC12CCNCC1Oc1ccc(S(=O)(=O)c3cc(F)cc(F)c3)cc12. The first-order valence-electron chi connectivity index (χ1n) is 8.04. The predicted octanol–water partition coefficient (Wildman–Crippen LogP) is 2.81. The van der Waals surface area contributed by atoms with Gasteiger partial charge < -0.3 is 10.1 Å². The summed E-state index contributed by atoms with van der Waals surface area (Å²) in [5.74, 6) is -1.18. The third-order valence-electron chi connectivity index (χ3n) is 5.15. The van der Waals surface area contributed by atoms with E-state index < -0.39 is 26.4 Å². The largest absolute Gasteiger partial charge is 0.488 e. The maximum atomic E-state index is 13.4. The summed E-state index contributed by atoms with van der Waals surface area (Å²) in [6, 6.07) is 6.94. The molecule has 0 amide bonds. The summed E-state index contributed by atoms with van der Waals surface area (Å²) >= 11 is 0. The van der Waals surface area contributed by atoms with Crippen molar-refractivity contribution in [2.45, 2.75) is 34.7 Å². The minimum absolute atomic E-state index is 0.0141. The molecular weight excluding hydrogens is 348 g/mol. The number of ether oxygens (including phenoxy) is 1. The summed E-state index contributed by atoms with van der Waals surface area (Å²) in [5, 5.41) is 3.27. The smallest absolute Gasteiger partial charge is 0.206 e. The molecule has 2 aromatic carbocycles. The topological polar surface area (TPSA) is 55.4 Å². The quantitative estimate of drug-likeness (QED) is 0.889. The van der Waals surface area contributed by atoms with E-state index >= 15 is 0 Å². The highest BCUT2D eigenvalue weighted by Gasteiger charge is 2.47. The average Bonchev–Trinajstić information content (AvgIpc) is 2.86. The van der Waals surface area contributed by atoms with Crippen LogP contribution in [0.5, 0.6) is 5.75 Å². The molecule has 0 radical (unpaired) electrons. The van der Waals surface area contributed by atoms with Crippen molar-refractivity contribution in [2.75, 3.05) is 13.1 Å². The molecule has 1 fully saturated rings. The molecule has 0 bridgehead atoms. The number of rotatable bonds is 2. The minimum atomic E-state index is -4.02. The van der Waals surface area contributed by atoms with E-state index in [1.165, 1.54) is 6.07 Å². The number of nitrogens with one attached hydrogen (secondary N) is 1. The average molecular weight is 365 g/mol. The van der Waals surface area contributed by atoms with Gasteiger partial charge in [0.2, 0.25) is 9.84 Å². The lowest BCUT2D eigenvalue weighted by Gasteiger charge is -2.35.